The lowest BCUT2D eigenvalue weighted by Gasteiger charge is -2.19. The number of pyridine rings is 1. The summed E-state index contributed by atoms with van der Waals surface area (Å²) >= 11 is 7.65. The van der Waals surface area contributed by atoms with Crippen LogP contribution < -0.4 is 4.72 Å². The van der Waals surface area contributed by atoms with Gasteiger partial charge in [0.2, 0.25) is 10.0 Å². The van der Waals surface area contributed by atoms with Crippen LogP contribution in [0, 0.1) is 5.82 Å². The highest BCUT2D eigenvalue weighted by molar-refractivity contribution is 7.98. The van der Waals surface area contributed by atoms with Crippen molar-refractivity contribution in [2.24, 2.45) is 0 Å². The summed E-state index contributed by atoms with van der Waals surface area (Å²) in [7, 11) is -3.88. The maximum atomic E-state index is 13.4. The van der Waals surface area contributed by atoms with Crippen molar-refractivity contribution in [3.8, 4) is 0 Å². The molecule has 0 aliphatic heterocycles. The quantitative estimate of drug-likeness (QED) is 0.154. The molecule has 0 saturated heterocycles. The smallest absolute Gasteiger partial charge is 0.335 e. The first kappa shape index (κ1) is 30.4. The monoisotopic (exact) mass is 632 g/mol. The summed E-state index contributed by atoms with van der Waals surface area (Å²) in [5.41, 5.74) is 4.46. The minimum absolute atomic E-state index is 0.0252. The fourth-order valence-electron chi connectivity index (χ4n) is 4.34. The number of fused-ring (bicyclic) bond motifs is 1. The van der Waals surface area contributed by atoms with Crippen LogP contribution in [-0.2, 0) is 15.8 Å². The Morgan fingerprint density at radius 3 is 2.44 bits per heavy atom. The Balaban J connectivity index is 1.37. The molecule has 1 unspecified atom stereocenters. The minimum atomic E-state index is -3.88. The highest BCUT2D eigenvalue weighted by atomic mass is 35.5. The van der Waals surface area contributed by atoms with Crippen molar-refractivity contribution in [2.45, 2.75) is 15.9 Å². The lowest BCUT2D eigenvalue weighted by Crippen LogP contribution is -2.27. The van der Waals surface area contributed by atoms with Gasteiger partial charge < -0.3 is 5.11 Å². The lowest BCUT2D eigenvalue weighted by molar-refractivity contribution is 0.0697. The largest absolute Gasteiger partial charge is 0.478 e. The van der Waals surface area contributed by atoms with E-state index in [9.17, 15) is 22.7 Å². The molecule has 4 aromatic carbocycles. The molecule has 0 spiro atoms. The van der Waals surface area contributed by atoms with E-state index in [0.29, 0.717) is 10.8 Å². The van der Waals surface area contributed by atoms with Crippen LogP contribution in [0.25, 0.3) is 23.1 Å². The van der Waals surface area contributed by atoms with E-state index >= 15 is 0 Å². The van der Waals surface area contributed by atoms with Crippen molar-refractivity contribution in [3.63, 3.8) is 0 Å². The molecule has 0 saturated carbocycles. The highest BCUT2D eigenvalue weighted by Crippen LogP contribution is 2.32. The predicted molar refractivity (Wildman–Crippen MR) is 171 cm³/mol. The van der Waals surface area contributed by atoms with E-state index in [0.717, 1.165) is 45.4 Å². The summed E-state index contributed by atoms with van der Waals surface area (Å²) in [5, 5.41) is 10.5. The summed E-state index contributed by atoms with van der Waals surface area (Å²) in [6, 6.07) is 28.5. The van der Waals surface area contributed by atoms with E-state index in [2.05, 4.69) is 9.71 Å². The standard InChI is InChI=1S/C33H26ClFN2O4S2/c34-27-11-9-24-10-15-29(37-31(24)19-27)14-6-22-2-1-3-26(18-22)32(42-21-23-4-7-25(8-5-23)33(38)39)20-36-43(40,41)30-16-12-28(35)13-17-30/h1-19,32,36H,20-21H2,(H,38,39)/b14-6+. The molecule has 10 heteroatoms. The van der Waals surface area contributed by atoms with Crippen molar-refractivity contribution in [1.82, 2.24) is 9.71 Å². The zero-order valence-electron chi connectivity index (χ0n) is 22.7. The third-order valence-electron chi connectivity index (χ3n) is 6.64. The summed E-state index contributed by atoms with van der Waals surface area (Å²) in [6.45, 7) is 0.0811. The van der Waals surface area contributed by atoms with Gasteiger partial charge in [-0.05, 0) is 77.4 Å². The number of hydrogen-bond donors (Lipinski definition) is 2. The number of carbonyl (C=O) groups is 1. The van der Waals surface area contributed by atoms with Gasteiger partial charge in [0.1, 0.15) is 5.82 Å². The normalized spacial score (nSPS) is 12.5. The molecule has 1 atom stereocenters. The number of rotatable bonds is 11. The highest BCUT2D eigenvalue weighted by Gasteiger charge is 2.19. The fourth-order valence-corrected chi connectivity index (χ4v) is 6.78. The number of carboxylic acids is 1. The maximum Gasteiger partial charge on any atom is 0.335 e. The molecular weight excluding hydrogens is 607 g/mol. The maximum absolute atomic E-state index is 13.4. The topological polar surface area (TPSA) is 96.4 Å². The second-order valence-corrected chi connectivity index (χ2v) is 13.1. The molecule has 2 N–H and O–H groups in total. The molecule has 1 aromatic heterocycles. The molecule has 0 amide bonds. The number of aromatic nitrogens is 1. The van der Waals surface area contributed by atoms with Gasteiger partial charge in [0.15, 0.2) is 0 Å². The van der Waals surface area contributed by atoms with Crippen molar-refractivity contribution < 1.29 is 22.7 Å². The number of benzene rings is 4. The average molecular weight is 633 g/mol. The van der Waals surface area contributed by atoms with Crippen LogP contribution in [0.1, 0.15) is 38.0 Å². The average Bonchev–Trinajstić information content (AvgIpc) is 3.00. The van der Waals surface area contributed by atoms with E-state index in [1.807, 2.05) is 66.7 Å². The van der Waals surface area contributed by atoms with E-state index in [4.69, 9.17) is 11.6 Å². The number of sulfonamides is 1. The number of carboxylic acid groups (broad SMARTS) is 1. The molecule has 43 heavy (non-hydrogen) atoms. The number of nitrogens with zero attached hydrogens (tertiary/aromatic N) is 1. The number of hydrogen-bond acceptors (Lipinski definition) is 5. The molecule has 1 heterocycles. The van der Waals surface area contributed by atoms with Gasteiger partial charge in [-0.2, -0.15) is 0 Å². The van der Waals surface area contributed by atoms with Crippen LogP contribution in [0.3, 0.4) is 0 Å². The number of nitrogens with one attached hydrogen (secondary N) is 1. The van der Waals surface area contributed by atoms with Crippen LogP contribution in [0.2, 0.25) is 5.02 Å². The van der Waals surface area contributed by atoms with Gasteiger partial charge in [0.05, 0.1) is 21.7 Å². The first-order valence-electron chi connectivity index (χ1n) is 13.2. The van der Waals surface area contributed by atoms with Gasteiger partial charge in [-0.15, -0.1) is 11.8 Å². The van der Waals surface area contributed by atoms with Crippen molar-refractivity contribution >= 4 is 62.4 Å². The molecule has 5 aromatic rings. The van der Waals surface area contributed by atoms with E-state index in [1.165, 1.54) is 23.9 Å². The third kappa shape index (κ3) is 8.09. The number of halogens is 2. The van der Waals surface area contributed by atoms with Crippen LogP contribution in [-0.4, -0.2) is 31.0 Å². The van der Waals surface area contributed by atoms with Gasteiger partial charge in [-0.25, -0.2) is 27.3 Å². The molecule has 6 nitrogen and oxygen atoms in total. The zero-order valence-corrected chi connectivity index (χ0v) is 25.0. The summed E-state index contributed by atoms with van der Waals surface area (Å²) in [6.07, 6.45) is 3.85. The van der Waals surface area contributed by atoms with Crippen molar-refractivity contribution in [3.05, 3.63) is 142 Å². The zero-order chi connectivity index (χ0) is 30.4. The number of thioether (sulfide) groups is 1. The molecule has 0 radical (unpaired) electrons. The van der Waals surface area contributed by atoms with Crippen molar-refractivity contribution in [2.75, 3.05) is 6.54 Å². The molecule has 5 rings (SSSR count). The van der Waals surface area contributed by atoms with E-state index < -0.39 is 21.8 Å². The summed E-state index contributed by atoms with van der Waals surface area (Å²) in [5.74, 6) is -0.999. The van der Waals surface area contributed by atoms with Crippen LogP contribution in [0.5, 0.6) is 0 Å². The molecule has 218 valence electrons. The molecule has 0 aliphatic carbocycles. The van der Waals surface area contributed by atoms with Crippen molar-refractivity contribution in [1.29, 1.82) is 0 Å². The van der Waals surface area contributed by atoms with Gasteiger partial charge in [-0.3, -0.25) is 0 Å². The molecule has 0 bridgehead atoms. The Kier molecular flexibility index (Phi) is 9.57. The molecule has 0 fully saturated rings. The second kappa shape index (κ2) is 13.5. The molecular formula is C33H26ClFN2O4S2. The Labute approximate surface area is 258 Å². The van der Waals surface area contributed by atoms with Gasteiger partial charge in [0, 0.05) is 28.0 Å². The number of aromatic carboxylic acids is 1. The predicted octanol–water partition coefficient (Wildman–Crippen LogP) is 7.85. The van der Waals surface area contributed by atoms with Gasteiger partial charge in [-0.1, -0.05) is 66.2 Å². The first-order valence-corrected chi connectivity index (χ1v) is 16.1. The van der Waals surface area contributed by atoms with Crippen LogP contribution in [0.4, 0.5) is 4.39 Å². The van der Waals surface area contributed by atoms with Crippen LogP contribution >= 0.6 is 23.4 Å². The second-order valence-electron chi connectivity index (χ2n) is 9.68. The Morgan fingerprint density at radius 2 is 1.70 bits per heavy atom. The van der Waals surface area contributed by atoms with Gasteiger partial charge >= 0.3 is 5.97 Å². The van der Waals surface area contributed by atoms with E-state index in [-0.39, 0.29) is 22.3 Å². The minimum Gasteiger partial charge on any atom is -0.478 e. The Morgan fingerprint density at radius 1 is 0.953 bits per heavy atom. The summed E-state index contributed by atoms with van der Waals surface area (Å²) in [4.78, 5) is 15.9. The fraction of sp³-hybridized carbons (Fsp3) is 0.0909. The first-order chi connectivity index (χ1) is 20.7. The Hall–Kier alpha value is -4.02. The third-order valence-corrected chi connectivity index (χ3v) is 9.66. The van der Waals surface area contributed by atoms with Gasteiger partial charge in [0.25, 0.3) is 0 Å². The SMILES string of the molecule is O=C(O)c1ccc(CSC(CNS(=O)(=O)c2ccc(F)cc2)c2cccc(/C=C/c3ccc4ccc(Cl)cc4n3)c2)cc1. The molecule has 0 aliphatic rings. The Bertz CT molecular complexity index is 1900. The summed E-state index contributed by atoms with van der Waals surface area (Å²) < 4.78 is 42.0. The lowest BCUT2D eigenvalue weighted by atomic mass is 10.1. The van der Waals surface area contributed by atoms with Crippen LogP contribution in [0.15, 0.2) is 108 Å². The van der Waals surface area contributed by atoms with E-state index in [1.54, 1.807) is 24.3 Å².